The molecule has 1 aliphatic carbocycles. The number of hydrogen-bond acceptors (Lipinski definition) is 1. The van der Waals surface area contributed by atoms with Crippen LogP contribution >= 0.6 is 0 Å². The molecule has 0 aromatic heterocycles. The highest BCUT2D eigenvalue weighted by molar-refractivity contribution is 5.74. The molecule has 2 N–H and O–H groups in total. The van der Waals surface area contributed by atoms with Gasteiger partial charge in [0, 0.05) is 6.42 Å². The molecule has 0 saturated heterocycles. The summed E-state index contributed by atoms with van der Waals surface area (Å²) in [5.74, 6) is 0.708. The van der Waals surface area contributed by atoms with E-state index in [9.17, 15) is 4.79 Å². The summed E-state index contributed by atoms with van der Waals surface area (Å²) < 4.78 is 0. The van der Waals surface area contributed by atoms with Crippen molar-refractivity contribution in [2.24, 2.45) is 17.1 Å². The Labute approximate surface area is 68.2 Å². The van der Waals surface area contributed by atoms with E-state index in [1.165, 1.54) is 12.8 Å². The number of carbonyl (C=O) groups is 1. The molecule has 0 radical (unpaired) electrons. The van der Waals surface area contributed by atoms with Crippen LogP contribution in [0, 0.1) is 11.3 Å². The molecule has 11 heavy (non-hydrogen) atoms. The minimum Gasteiger partial charge on any atom is -0.370 e. The number of carbonyl (C=O) groups excluding carboxylic acids is 1. The third kappa shape index (κ3) is 3.40. The third-order valence-electron chi connectivity index (χ3n) is 2.19. The fourth-order valence-corrected chi connectivity index (χ4v) is 1.65. The van der Waals surface area contributed by atoms with Crippen molar-refractivity contribution in [2.75, 3.05) is 0 Å². The van der Waals surface area contributed by atoms with Crippen molar-refractivity contribution in [3.8, 4) is 0 Å². The molecule has 2 nitrogen and oxygen atoms in total. The first kappa shape index (κ1) is 8.57. The maximum absolute atomic E-state index is 10.6. The predicted molar refractivity (Wildman–Crippen MR) is 44.9 cm³/mol. The van der Waals surface area contributed by atoms with Crippen LogP contribution in [0.5, 0.6) is 0 Å². The third-order valence-corrected chi connectivity index (χ3v) is 2.19. The van der Waals surface area contributed by atoms with Gasteiger partial charge in [0.2, 0.25) is 5.91 Å². The quantitative estimate of drug-likeness (QED) is 0.659. The molecule has 0 bridgehead atoms. The predicted octanol–water partition coefficient (Wildman–Crippen LogP) is 1.69. The highest BCUT2D eigenvalue weighted by atomic mass is 16.1. The zero-order valence-corrected chi connectivity index (χ0v) is 7.39. The van der Waals surface area contributed by atoms with E-state index in [4.69, 9.17) is 5.73 Å². The summed E-state index contributed by atoms with van der Waals surface area (Å²) in [5, 5.41) is 0. The van der Waals surface area contributed by atoms with Crippen molar-refractivity contribution < 1.29 is 4.79 Å². The van der Waals surface area contributed by atoms with Crippen LogP contribution in [0.3, 0.4) is 0 Å². The molecule has 0 aromatic carbocycles. The Hall–Kier alpha value is -0.530. The standard InChI is InChI=1S/C9H17NO/c1-9(2,6-8(10)11)5-7-3-4-7/h7H,3-6H2,1-2H3,(H2,10,11). The number of rotatable bonds is 4. The fourth-order valence-electron chi connectivity index (χ4n) is 1.65. The van der Waals surface area contributed by atoms with Crippen molar-refractivity contribution in [1.29, 1.82) is 0 Å². The van der Waals surface area contributed by atoms with Crippen molar-refractivity contribution in [3.63, 3.8) is 0 Å². The van der Waals surface area contributed by atoms with E-state index >= 15 is 0 Å². The minimum atomic E-state index is -0.171. The molecular weight excluding hydrogens is 138 g/mol. The van der Waals surface area contributed by atoms with Gasteiger partial charge in [-0.25, -0.2) is 0 Å². The molecule has 1 rings (SSSR count). The number of primary amides is 1. The zero-order valence-electron chi connectivity index (χ0n) is 7.39. The summed E-state index contributed by atoms with van der Waals surface area (Å²) in [6.45, 7) is 4.24. The van der Waals surface area contributed by atoms with Gasteiger partial charge in [-0.2, -0.15) is 0 Å². The number of nitrogens with two attached hydrogens (primary N) is 1. The van der Waals surface area contributed by atoms with Crippen molar-refractivity contribution in [1.82, 2.24) is 0 Å². The summed E-state index contributed by atoms with van der Waals surface area (Å²) in [7, 11) is 0. The van der Waals surface area contributed by atoms with E-state index in [-0.39, 0.29) is 11.3 Å². The Morgan fingerprint density at radius 1 is 1.55 bits per heavy atom. The minimum absolute atomic E-state index is 0.132. The Morgan fingerprint density at radius 3 is 2.45 bits per heavy atom. The lowest BCUT2D eigenvalue weighted by Crippen LogP contribution is -2.22. The molecule has 0 atom stereocenters. The molecular formula is C9H17NO. The van der Waals surface area contributed by atoms with Gasteiger partial charge in [0.25, 0.3) is 0 Å². The molecule has 1 saturated carbocycles. The van der Waals surface area contributed by atoms with Crippen LogP contribution in [0.1, 0.15) is 39.5 Å². The molecule has 0 unspecified atom stereocenters. The summed E-state index contributed by atoms with van der Waals surface area (Å²) in [6.07, 6.45) is 4.39. The smallest absolute Gasteiger partial charge is 0.217 e. The fraction of sp³-hybridized carbons (Fsp3) is 0.889. The van der Waals surface area contributed by atoms with Crippen molar-refractivity contribution in [3.05, 3.63) is 0 Å². The van der Waals surface area contributed by atoms with Gasteiger partial charge in [0.1, 0.15) is 0 Å². The van der Waals surface area contributed by atoms with Gasteiger partial charge in [-0.15, -0.1) is 0 Å². The highest BCUT2D eigenvalue weighted by Gasteiger charge is 2.30. The van der Waals surface area contributed by atoms with E-state index in [1.807, 2.05) is 0 Å². The van der Waals surface area contributed by atoms with E-state index in [0.717, 1.165) is 12.3 Å². The first-order valence-electron chi connectivity index (χ1n) is 4.28. The molecule has 64 valence electrons. The van der Waals surface area contributed by atoms with Gasteiger partial charge in [0.15, 0.2) is 0 Å². The van der Waals surface area contributed by atoms with Gasteiger partial charge in [-0.05, 0) is 17.8 Å². The molecule has 2 heteroatoms. The highest BCUT2D eigenvalue weighted by Crippen LogP contribution is 2.41. The topological polar surface area (TPSA) is 43.1 Å². The molecule has 1 fully saturated rings. The van der Waals surface area contributed by atoms with Crippen LogP contribution in [0.2, 0.25) is 0 Å². The average molecular weight is 155 g/mol. The van der Waals surface area contributed by atoms with E-state index in [2.05, 4.69) is 13.8 Å². The first-order chi connectivity index (χ1) is 4.99. The second kappa shape index (κ2) is 2.84. The van der Waals surface area contributed by atoms with Gasteiger partial charge >= 0.3 is 0 Å². The van der Waals surface area contributed by atoms with Crippen LogP contribution < -0.4 is 5.73 Å². The Kier molecular flexibility index (Phi) is 2.21. The summed E-state index contributed by atoms with van der Waals surface area (Å²) >= 11 is 0. The van der Waals surface area contributed by atoms with E-state index in [0.29, 0.717) is 6.42 Å². The maximum Gasteiger partial charge on any atom is 0.217 e. The van der Waals surface area contributed by atoms with Crippen LogP contribution in [-0.4, -0.2) is 5.91 Å². The van der Waals surface area contributed by atoms with Gasteiger partial charge in [-0.3, -0.25) is 4.79 Å². The van der Waals surface area contributed by atoms with E-state index < -0.39 is 0 Å². The molecule has 1 aliphatic rings. The lowest BCUT2D eigenvalue weighted by atomic mass is 9.83. The van der Waals surface area contributed by atoms with Gasteiger partial charge < -0.3 is 5.73 Å². The van der Waals surface area contributed by atoms with Crippen LogP contribution in [-0.2, 0) is 4.79 Å². The summed E-state index contributed by atoms with van der Waals surface area (Å²) in [4.78, 5) is 10.6. The maximum atomic E-state index is 10.6. The van der Waals surface area contributed by atoms with Crippen LogP contribution in [0.4, 0.5) is 0 Å². The first-order valence-corrected chi connectivity index (χ1v) is 4.28. The second-order valence-electron chi connectivity index (χ2n) is 4.45. The molecule has 1 amide bonds. The Bertz CT molecular complexity index is 159. The summed E-state index contributed by atoms with van der Waals surface area (Å²) in [6, 6.07) is 0. The zero-order chi connectivity index (χ0) is 8.48. The van der Waals surface area contributed by atoms with Gasteiger partial charge in [0.05, 0.1) is 0 Å². The Balaban J connectivity index is 2.30. The Morgan fingerprint density at radius 2 is 2.09 bits per heavy atom. The largest absolute Gasteiger partial charge is 0.370 e. The second-order valence-corrected chi connectivity index (χ2v) is 4.45. The van der Waals surface area contributed by atoms with Crippen molar-refractivity contribution >= 4 is 5.91 Å². The molecule has 0 heterocycles. The molecule has 0 aromatic rings. The molecule has 0 spiro atoms. The normalized spacial score (nSPS) is 18.4. The molecule has 0 aliphatic heterocycles. The van der Waals surface area contributed by atoms with Crippen LogP contribution in [0.15, 0.2) is 0 Å². The number of amides is 1. The lowest BCUT2D eigenvalue weighted by molar-refractivity contribution is -0.120. The lowest BCUT2D eigenvalue weighted by Gasteiger charge is -2.22. The SMILES string of the molecule is CC(C)(CC(N)=O)CC1CC1. The number of hydrogen-bond donors (Lipinski definition) is 1. The van der Waals surface area contributed by atoms with E-state index in [1.54, 1.807) is 0 Å². The van der Waals surface area contributed by atoms with Crippen molar-refractivity contribution in [2.45, 2.75) is 39.5 Å². The van der Waals surface area contributed by atoms with Gasteiger partial charge in [-0.1, -0.05) is 26.7 Å². The summed E-state index contributed by atoms with van der Waals surface area (Å²) in [5.41, 5.74) is 5.27. The monoisotopic (exact) mass is 155 g/mol. The average Bonchev–Trinajstić information content (AvgIpc) is 2.43. The van der Waals surface area contributed by atoms with Crippen LogP contribution in [0.25, 0.3) is 0 Å².